The molecule has 1 atom stereocenters. The van der Waals surface area contributed by atoms with E-state index in [2.05, 4.69) is 6.07 Å². The largest absolute Gasteiger partial charge is 0.463 e. The van der Waals surface area contributed by atoms with Crippen LogP contribution in [0.15, 0.2) is 71.0 Å². The second kappa shape index (κ2) is 8.46. The second-order valence-corrected chi connectivity index (χ2v) is 7.89. The highest BCUT2D eigenvalue weighted by molar-refractivity contribution is 7.07. The van der Waals surface area contributed by atoms with Gasteiger partial charge in [0, 0.05) is 0 Å². The molecule has 0 fully saturated rings. The molecule has 0 amide bonds. The van der Waals surface area contributed by atoms with Gasteiger partial charge in [-0.15, -0.1) is 11.3 Å². The third-order valence-corrected chi connectivity index (χ3v) is 6.10. The van der Waals surface area contributed by atoms with Gasteiger partial charge in [0.2, 0.25) is 0 Å². The van der Waals surface area contributed by atoms with Crippen LogP contribution in [0.5, 0.6) is 0 Å². The molecule has 6 nitrogen and oxygen atoms in total. The van der Waals surface area contributed by atoms with Crippen LogP contribution in [0.1, 0.15) is 24.0 Å². The molecular weight excluding hydrogens is 410 g/mol. The Labute approximate surface area is 182 Å². The maximum Gasteiger partial charge on any atom is 0.338 e. The van der Waals surface area contributed by atoms with E-state index < -0.39 is 11.9 Å². The number of carbonyl (C=O) groups excluding carboxylic acids is 1. The number of nitrogens with two attached hydrogens (primary N) is 1. The molecule has 1 aromatic heterocycles. The number of ether oxygens (including phenoxy) is 1. The van der Waals surface area contributed by atoms with Crippen molar-refractivity contribution < 1.29 is 9.53 Å². The normalized spacial score (nSPS) is 16.1. The van der Waals surface area contributed by atoms with Gasteiger partial charge in [0.25, 0.3) is 5.56 Å². The van der Waals surface area contributed by atoms with Gasteiger partial charge in [-0.25, -0.2) is 4.79 Å². The number of carbonyl (C=O) groups is 1. The number of nitrogens with zero attached hydrogens (tertiary/aromatic N) is 2. The van der Waals surface area contributed by atoms with Crippen molar-refractivity contribution in [2.45, 2.75) is 12.8 Å². The lowest BCUT2D eigenvalue weighted by molar-refractivity contribution is -0.138. The van der Waals surface area contributed by atoms with Crippen molar-refractivity contribution in [3.63, 3.8) is 0 Å². The van der Waals surface area contributed by atoms with Crippen molar-refractivity contribution >= 4 is 34.8 Å². The fraction of sp³-hybridized carbons (Fsp3) is 0.125. The topological polar surface area (TPSA) is 98.1 Å². The number of benzene rings is 2. The second-order valence-electron chi connectivity index (χ2n) is 6.86. The summed E-state index contributed by atoms with van der Waals surface area (Å²) in [6.45, 7) is 1.84. The summed E-state index contributed by atoms with van der Waals surface area (Å²) < 4.78 is 7.34. The van der Waals surface area contributed by atoms with Crippen LogP contribution in [0.4, 0.5) is 0 Å². The van der Waals surface area contributed by atoms with Crippen molar-refractivity contribution in [2.75, 3.05) is 6.61 Å². The SMILES string of the molecule is CCOC(=O)C1=C(N)n2c(s/c(=C/c3ccccc3)c2=O)=C(C#N)[C@H]1c1ccccc1. The molecule has 0 aliphatic carbocycles. The molecule has 4 rings (SSSR count). The van der Waals surface area contributed by atoms with Gasteiger partial charge in [-0.2, -0.15) is 5.26 Å². The fourth-order valence-corrected chi connectivity index (χ4v) is 4.77. The molecule has 1 aliphatic rings. The highest BCUT2D eigenvalue weighted by Crippen LogP contribution is 2.36. The highest BCUT2D eigenvalue weighted by atomic mass is 32.1. The van der Waals surface area contributed by atoms with Gasteiger partial charge in [-0.05, 0) is 24.1 Å². The molecule has 0 unspecified atom stereocenters. The summed E-state index contributed by atoms with van der Waals surface area (Å²) in [5.41, 5.74) is 7.98. The molecule has 0 radical (unpaired) electrons. The number of aromatic nitrogens is 1. The molecule has 1 aliphatic heterocycles. The predicted molar refractivity (Wildman–Crippen MR) is 120 cm³/mol. The molecule has 2 aromatic carbocycles. The first-order valence-corrected chi connectivity index (χ1v) is 10.5. The first-order valence-electron chi connectivity index (χ1n) is 9.71. The zero-order chi connectivity index (χ0) is 22.0. The van der Waals surface area contributed by atoms with Crippen LogP contribution < -0.4 is 20.5 Å². The number of rotatable bonds is 4. The van der Waals surface area contributed by atoms with Gasteiger partial charge in [-0.3, -0.25) is 9.36 Å². The Kier molecular flexibility index (Phi) is 5.56. The van der Waals surface area contributed by atoms with Crippen LogP contribution in [0.25, 0.3) is 17.5 Å². The number of fused-ring (bicyclic) bond motifs is 1. The third-order valence-electron chi connectivity index (χ3n) is 4.99. The average molecular weight is 430 g/mol. The Morgan fingerprint density at radius 2 is 1.84 bits per heavy atom. The van der Waals surface area contributed by atoms with Gasteiger partial charge in [0.05, 0.1) is 34.3 Å². The Bertz CT molecular complexity index is 1390. The zero-order valence-corrected chi connectivity index (χ0v) is 17.6. The predicted octanol–water partition coefficient (Wildman–Crippen LogP) is 1.90. The van der Waals surface area contributed by atoms with Crippen LogP contribution in [0, 0.1) is 11.3 Å². The quantitative estimate of drug-likeness (QED) is 0.639. The minimum absolute atomic E-state index is 0.00438. The standard InChI is InChI=1S/C24H19N3O3S/c1-2-30-24(29)20-19(16-11-7-4-8-12-16)17(14-25)23-27(21(20)26)22(28)18(31-23)13-15-9-5-3-6-10-15/h3-13,19H,2,26H2,1H3/b18-13+/t19-/m1/s1. The summed E-state index contributed by atoms with van der Waals surface area (Å²) in [6, 6.07) is 20.8. The third kappa shape index (κ3) is 3.58. The van der Waals surface area contributed by atoms with E-state index in [1.165, 1.54) is 15.9 Å². The number of esters is 1. The van der Waals surface area contributed by atoms with Crippen LogP contribution in [-0.2, 0) is 9.53 Å². The smallest absolute Gasteiger partial charge is 0.338 e. The molecule has 2 heterocycles. The maximum atomic E-state index is 13.2. The monoisotopic (exact) mass is 429 g/mol. The Balaban J connectivity index is 2.07. The van der Waals surface area contributed by atoms with Gasteiger partial charge < -0.3 is 10.5 Å². The summed E-state index contributed by atoms with van der Waals surface area (Å²) in [4.78, 5) is 26.1. The van der Waals surface area contributed by atoms with Gasteiger partial charge in [-0.1, -0.05) is 60.7 Å². The van der Waals surface area contributed by atoms with E-state index in [9.17, 15) is 14.9 Å². The molecule has 7 heteroatoms. The molecular formula is C24H19N3O3S. The lowest BCUT2D eigenvalue weighted by Crippen LogP contribution is -2.40. The van der Waals surface area contributed by atoms with E-state index >= 15 is 0 Å². The molecule has 154 valence electrons. The van der Waals surface area contributed by atoms with Crippen LogP contribution >= 0.6 is 11.3 Å². The van der Waals surface area contributed by atoms with E-state index in [0.29, 0.717) is 14.8 Å². The summed E-state index contributed by atoms with van der Waals surface area (Å²) in [5.74, 6) is -1.36. The van der Waals surface area contributed by atoms with Crippen LogP contribution in [-0.4, -0.2) is 17.1 Å². The van der Waals surface area contributed by atoms with E-state index in [0.717, 1.165) is 11.1 Å². The lowest BCUT2D eigenvalue weighted by Gasteiger charge is -2.25. The minimum Gasteiger partial charge on any atom is -0.463 e. The first kappa shape index (κ1) is 20.4. The van der Waals surface area contributed by atoms with E-state index in [1.54, 1.807) is 13.0 Å². The fourth-order valence-electron chi connectivity index (χ4n) is 3.64. The number of nitriles is 1. The van der Waals surface area contributed by atoms with Crippen molar-refractivity contribution in [2.24, 2.45) is 5.73 Å². The van der Waals surface area contributed by atoms with Gasteiger partial charge in [0.15, 0.2) is 0 Å². The molecule has 0 bridgehead atoms. The van der Waals surface area contributed by atoms with Crippen molar-refractivity contribution in [1.29, 1.82) is 5.26 Å². The summed E-state index contributed by atoms with van der Waals surface area (Å²) in [5, 5.41) is 10.1. The number of thiazole rings is 1. The lowest BCUT2D eigenvalue weighted by atomic mass is 9.84. The van der Waals surface area contributed by atoms with E-state index in [-0.39, 0.29) is 23.6 Å². The molecule has 0 saturated heterocycles. The van der Waals surface area contributed by atoms with Crippen molar-refractivity contribution in [3.8, 4) is 6.07 Å². The molecule has 31 heavy (non-hydrogen) atoms. The van der Waals surface area contributed by atoms with Crippen molar-refractivity contribution in [3.05, 3.63) is 96.9 Å². The Morgan fingerprint density at radius 1 is 1.19 bits per heavy atom. The summed E-state index contributed by atoms with van der Waals surface area (Å²) >= 11 is 1.19. The Hall–Kier alpha value is -3.89. The number of hydrogen-bond donors (Lipinski definition) is 1. The number of hydrogen-bond acceptors (Lipinski definition) is 6. The zero-order valence-electron chi connectivity index (χ0n) is 16.7. The minimum atomic E-state index is -0.715. The Morgan fingerprint density at radius 3 is 2.45 bits per heavy atom. The van der Waals surface area contributed by atoms with Crippen LogP contribution in [0.3, 0.4) is 0 Å². The maximum absolute atomic E-state index is 13.2. The first-order chi connectivity index (χ1) is 15.1. The van der Waals surface area contributed by atoms with Gasteiger partial charge >= 0.3 is 5.97 Å². The van der Waals surface area contributed by atoms with Crippen molar-refractivity contribution in [1.82, 2.24) is 4.57 Å². The molecule has 0 saturated carbocycles. The summed E-state index contributed by atoms with van der Waals surface area (Å²) in [7, 11) is 0. The van der Waals surface area contributed by atoms with E-state index in [1.807, 2.05) is 60.7 Å². The highest BCUT2D eigenvalue weighted by Gasteiger charge is 2.36. The summed E-state index contributed by atoms with van der Waals surface area (Å²) in [6.07, 6.45) is 1.75. The molecule has 3 aromatic rings. The molecule has 0 spiro atoms. The van der Waals surface area contributed by atoms with E-state index in [4.69, 9.17) is 10.5 Å². The van der Waals surface area contributed by atoms with Gasteiger partial charge in [0.1, 0.15) is 10.5 Å². The van der Waals surface area contributed by atoms with Crippen LogP contribution in [0.2, 0.25) is 0 Å². The molecule has 2 N–H and O–H groups in total. The average Bonchev–Trinajstić information content (AvgIpc) is 3.11.